The second-order valence-electron chi connectivity index (χ2n) is 3.29. The van der Waals surface area contributed by atoms with E-state index in [0.29, 0.717) is 11.0 Å². The highest BCUT2D eigenvalue weighted by Crippen LogP contribution is 2.39. The molecule has 0 spiro atoms. The Labute approximate surface area is 95.8 Å². The van der Waals surface area contributed by atoms with E-state index in [-0.39, 0.29) is 5.56 Å². The van der Waals surface area contributed by atoms with E-state index >= 15 is 0 Å². The minimum Gasteiger partial charge on any atom is -0.306 e. The topological polar surface area (TPSA) is 48.6 Å². The number of aromatic nitrogens is 2. The summed E-state index contributed by atoms with van der Waals surface area (Å²) in [5, 5.41) is 0. The molecule has 1 aromatic heterocycles. The van der Waals surface area contributed by atoms with Crippen LogP contribution in [0.15, 0.2) is 23.0 Å². The molecule has 0 fully saturated rings. The fourth-order valence-electron chi connectivity index (χ4n) is 1.40. The summed E-state index contributed by atoms with van der Waals surface area (Å²) in [6.07, 6.45) is -4.36. The molecular formula is C9H6BrF3N2O. The van der Waals surface area contributed by atoms with Crippen LogP contribution >= 0.6 is 15.9 Å². The monoisotopic (exact) mass is 294 g/mol. The molecule has 0 amide bonds. The first-order valence-corrected chi connectivity index (χ1v) is 5.22. The van der Waals surface area contributed by atoms with Crippen LogP contribution in [0.1, 0.15) is 10.4 Å². The lowest BCUT2D eigenvalue weighted by molar-refractivity contribution is -0.128. The average molecular weight is 295 g/mol. The third kappa shape index (κ3) is 1.99. The van der Waals surface area contributed by atoms with Gasteiger partial charge >= 0.3 is 11.9 Å². The Morgan fingerprint density at radius 1 is 1.19 bits per heavy atom. The molecular weight excluding hydrogens is 289 g/mol. The second kappa shape index (κ2) is 3.65. The molecule has 16 heavy (non-hydrogen) atoms. The average Bonchev–Trinajstić information content (AvgIpc) is 2.54. The number of aromatic amines is 2. The molecule has 0 aliphatic carbocycles. The van der Waals surface area contributed by atoms with E-state index in [1.165, 1.54) is 18.2 Å². The van der Waals surface area contributed by atoms with E-state index < -0.39 is 16.7 Å². The summed E-state index contributed by atoms with van der Waals surface area (Å²) < 4.78 is 37.2. The molecule has 0 bridgehead atoms. The van der Waals surface area contributed by atoms with Gasteiger partial charge < -0.3 is 9.97 Å². The molecule has 1 atom stereocenters. The van der Waals surface area contributed by atoms with Gasteiger partial charge in [-0.25, -0.2) is 4.79 Å². The van der Waals surface area contributed by atoms with Crippen LogP contribution in [0.25, 0.3) is 11.0 Å². The van der Waals surface area contributed by atoms with Gasteiger partial charge in [0.15, 0.2) is 0 Å². The van der Waals surface area contributed by atoms with Gasteiger partial charge in [0.2, 0.25) is 0 Å². The Hall–Kier alpha value is -1.24. The van der Waals surface area contributed by atoms with Crippen molar-refractivity contribution in [3.8, 4) is 0 Å². The van der Waals surface area contributed by atoms with Crippen molar-refractivity contribution in [1.29, 1.82) is 0 Å². The largest absolute Gasteiger partial charge is 0.405 e. The molecule has 0 aliphatic rings. The van der Waals surface area contributed by atoms with E-state index in [4.69, 9.17) is 0 Å². The first-order valence-electron chi connectivity index (χ1n) is 4.30. The zero-order valence-corrected chi connectivity index (χ0v) is 9.32. The van der Waals surface area contributed by atoms with Crippen LogP contribution in [0.2, 0.25) is 0 Å². The molecule has 86 valence electrons. The molecule has 0 saturated carbocycles. The highest BCUT2D eigenvalue weighted by atomic mass is 79.9. The molecule has 7 heteroatoms. The van der Waals surface area contributed by atoms with Gasteiger partial charge in [-0.3, -0.25) is 0 Å². The Morgan fingerprint density at radius 3 is 2.44 bits per heavy atom. The van der Waals surface area contributed by atoms with Gasteiger partial charge in [-0.05, 0) is 17.7 Å². The number of rotatable bonds is 1. The van der Waals surface area contributed by atoms with Gasteiger partial charge in [0.1, 0.15) is 4.83 Å². The molecule has 1 aromatic carbocycles. The number of hydrogen-bond donors (Lipinski definition) is 2. The summed E-state index contributed by atoms with van der Waals surface area (Å²) in [5.41, 5.74) is 0.451. The molecule has 2 N–H and O–H groups in total. The van der Waals surface area contributed by atoms with E-state index in [9.17, 15) is 18.0 Å². The quantitative estimate of drug-likeness (QED) is 0.781. The van der Waals surface area contributed by atoms with Crippen molar-refractivity contribution in [2.45, 2.75) is 11.0 Å². The first-order chi connectivity index (χ1) is 7.38. The Balaban J connectivity index is 2.50. The molecule has 2 aromatic rings. The Bertz CT molecular complexity index is 572. The zero-order valence-electron chi connectivity index (χ0n) is 7.73. The van der Waals surface area contributed by atoms with Gasteiger partial charge in [-0.2, -0.15) is 13.2 Å². The fraction of sp³-hybridized carbons (Fsp3) is 0.222. The third-order valence-electron chi connectivity index (χ3n) is 2.12. The predicted octanol–water partition coefficient (Wildman–Crippen LogP) is 2.85. The molecule has 0 saturated heterocycles. The number of halogens is 4. The van der Waals surface area contributed by atoms with Crippen LogP contribution < -0.4 is 5.69 Å². The van der Waals surface area contributed by atoms with Crippen molar-refractivity contribution in [3.63, 3.8) is 0 Å². The van der Waals surface area contributed by atoms with Crippen LogP contribution in [0.5, 0.6) is 0 Å². The molecule has 0 aliphatic heterocycles. The Kier molecular flexibility index (Phi) is 2.57. The van der Waals surface area contributed by atoms with E-state index in [1.807, 2.05) is 0 Å². The number of alkyl halides is 4. The third-order valence-corrected chi connectivity index (χ3v) is 3.17. The van der Waals surface area contributed by atoms with E-state index in [1.54, 1.807) is 0 Å². The molecule has 1 unspecified atom stereocenters. The maximum atomic E-state index is 12.4. The first kappa shape index (κ1) is 11.3. The second-order valence-corrected chi connectivity index (χ2v) is 4.20. The van der Waals surface area contributed by atoms with Crippen LogP contribution in [-0.4, -0.2) is 16.1 Å². The SMILES string of the molecule is O=c1[nH]c2ccc(C(Br)C(F)(F)F)cc2[nH]1. The smallest absolute Gasteiger partial charge is 0.306 e. The molecule has 1 heterocycles. The Morgan fingerprint density at radius 2 is 1.81 bits per heavy atom. The molecule has 0 radical (unpaired) electrons. The summed E-state index contributed by atoms with van der Waals surface area (Å²) >= 11 is 2.57. The summed E-state index contributed by atoms with van der Waals surface area (Å²) in [7, 11) is 0. The van der Waals surface area contributed by atoms with E-state index in [0.717, 1.165) is 0 Å². The van der Waals surface area contributed by atoms with Crippen molar-refractivity contribution in [2.24, 2.45) is 0 Å². The van der Waals surface area contributed by atoms with Crippen LogP contribution in [0.3, 0.4) is 0 Å². The number of H-pyrrole nitrogens is 2. The maximum Gasteiger partial charge on any atom is 0.405 e. The maximum absolute atomic E-state index is 12.4. The number of nitrogens with one attached hydrogen (secondary N) is 2. The summed E-state index contributed by atoms with van der Waals surface area (Å²) in [6, 6.07) is 4.04. The van der Waals surface area contributed by atoms with Crippen molar-refractivity contribution < 1.29 is 13.2 Å². The zero-order chi connectivity index (χ0) is 11.9. The lowest BCUT2D eigenvalue weighted by atomic mass is 10.1. The number of hydrogen-bond acceptors (Lipinski definition) is 1. The summed E-state index contributed by atoms with van der Waals surface area (Å²) in [4.78, 5) is 14.0. The lowest BCUT2D eigenvalue weighted by Crippen LogP contribution is -2.15. The van der Waals surface area contributed by atoms with Gasteiger partial charge in [-0.15, -0.1) is 0 Å². The minimum absolute atomic E-state index is 0.0512. The number of imidazole rings is 1. The van der Waals surface area contributed by atoms with Crippen LogP contribution in [0, 0.1) is 0 Å². The summed E-state index contributed by atoms with van der Waals surface area (Å²) in [5.74, 6) is 0. The number of benzene rings is 1. The highest BCUT2D eigenvalue weighted by Gasteiger charge is 2.38. The number of fused-ring (bicyclic) bond motifs is 1. The van der Waals surface area contributed by atoms with Crippen molar-refractivity contribution in [3.05, 3.63) is 34.2 Å². The normalized spacial score (nSPS) is 14.2. The lowest BCUT2D eigenvalue weighted by Gasteiger charge is -2.13. The van der Waals surface area contributed by atoms with Crippen LogP contribution in [0.4, 0.5) is 13.2 Å². The van der Waals surface area contributed by atoms with Gasteiger partial charge in [-0.1, -0.05) is 22.0 Å². The molecule has 2 rings (SSSR count). The van der Waals surface area contributed by atoms with E-state index in [2.05, 4.69) is 25.9 Å². The van der Waals surface area contributed by atoms with Crippen LogP contribution in [-0.2, 0) is 0 Å². The van der Waals surface area contributed by atoms with Gasteiger partial charge in [0, 0.05) is 0 Å². The molecule has 3 nitrogen and oxygen atoms in total. The standard InChI is InChI=1S/C9H6BrF3N2O/c10-7(9(11,12)13)4-1-2-5-6(3-4)15-8(16)14-5/h1-3,7H,(H2,14,15,16). The van der Waals surface area contributed by atoms with Crippen molar-refractivity contribution in [1.82, 2.24) is 9.97 Å². The fourth-order valence-corrected chi connectivity index (χ4v) is 1.68. The van der Waals surface area contributed by atoms with Gasteiger partial charge in [0.05, 0.1) is 11.0 Å². The van der Waals surface area contributed by atoms with Crippen molar-refractivity contribution in [2.75, 3.05) is 0 Å². The van der Waals surface area contributed by atoms with Gasteiger partial charge in [0.25, 0.3) is 0 Å². The predicted molar refractivity (Wildman–Crippen MR) is 56.6 cm³/mol. The van der Waals surface area contributed by atoms with Crippen molar-refractivity contribution >= 4 is 27.0 Å². The minimum atomic E-state index is -4.36. The highest BCUT2D eigenvalue weighted by molar-refractivity contribution is 9.09. The summed E-state index contributed by atoms with van der Waals surface area (Å²) in [6.45, 7) is 0.